The van der Waals surface area contributed by atoms with E-state index in [1.165, 1.54) is 5.69 Å². The zero-order valence-electron chi connectivity index (χ0n) is 10.3. The second-order valence-corrected chi connectivity index (χ2v) is 4.80. The van der Waals surface area contributed by atoms with Gasteiger partial charge in [-0.25, -0.2) is 0 Å². The molecule has 0 saturated carbocycles. The quantitative estimate of drug-likeness (QED) is 0.850. The van der Waals surface area contributed by atoms with Crippen molar-refractivity contribution in [2.75, 3.05) is 0 Å². The number of hydrogen-bond donors (Lipinski definition) is 1. The maximum Gasteiger partial charge on any atom is 0.177 e. The van der Waals surface area contributed by atoms with Crippen molar-refractivity contribution in [2.24, 2.45) is 0 Å². The Balaban J connectivity index is 2.32. The van der Waals surface area contributed by atoms with Crippen LogP contribution in [0.3, 0.4) is 0 Å². The Morgan fingerprint density at radius 1 is 1.35 bits per heavy atom. The van der Waals surface area contributed by atoms with E-state index < -0.39 is 0 Å². The third-order valence-corrected chi connectivity index (χ3v) is 2.98. The molecule has 1 N–H and O–H groups in total. The number of aryl methyl sites for hydroxylation is 1. The summed E-state index contributed by atoms with van der Waals surface area (Å²) in [5.41, 5.74) is 3.04. The van der Waals surface area contributed by atoms with E-state index in [0.717, 1.165) is 16.2 Å². The lowest BCUT2D eigenvalue weighted by Gasteiger charge is -2.10. The zero-order valence-corrected chi connectivity index (χ0v) is 11.1. The highest BCUT2D eigenvalue weighted by molar-refractivity contribution is 7.71. The second kappa shape index (κ2) is 4.79. The highest BCUT2D eigenvalue weighted by atomic mass is 32.1. The molecule has 2 aromatic heterocycles. The Morgan fingerprint density at radius 2 is 2.12 bits per heavy atom. The third-order valence-electron chi connectivity index (χ3n) is 2.65. The smallest absolute Gasteiger partial charge is 0.177 e. The maximum absolute atomic E-state index is 5.28. The molecule has 0 spiro atoms. The SMILES string of the molecule is Cc1cnc(Cn2c(C(C)C)c[nH]c2=S)cn1. The number of rotatable bonds is 3. The van der Waals surface area contributed by atoms with Crippen molar-refractivity contribution in [2.45, 2.75) is 33.2 Å². The van der Waals surface area contributed by atoms with Crippen LogP contribution in [-0.4, -0.2) is 19.5 Å². The predicted octanol–water partition coefficient (Wildman–Crippen LogP) is 2.82. The molecule has 0 aliphatic rings. The van der Waals surface area contributed by atoms with Crippen LogP contribution in [0.15, 0.2) is 18.6 Å². The van der Waals surface area contributed by atoms with Crippen LogP contribution in [0.5, 0.6) is 0 Å². The number of nitrogens with one attached hydrogen (secondary N) is 1. The Bertz CT molecular complexity index is 551. The van der Waals surface area contributed by atoms with Gasteiger partial charge in [-0.1, -0.05) is 13.8 Å². The van der Waals surface area contributed by atoms with Gasteiger partial charge in [0.2, 0.25) is 0 Å². The minimum Gasteiger partial charge on any atom is -0.337 e. The third kappa shape index (κ3) is 2.61. The summed E-state index contributed by atoms with van der Waals surface area (Å²) < 4.78 is 2.80. The van der Waals surface area contributed by atoms with E-state index in [1.807, 2.05) is 13.1 Å². The fourth-order valence-electron chi connectivity index (χ4n) is 1.71. The number of nitrogens with zero attached hydrogens (tertiary/aromatic N) is 3. The van der Waals surface area contributed by atoms with Gasteiger partial charge in [-0.2, -0.15) is 0 Å². The first-order chi connectivity index (χ1) is 8.08. The van der Waals surface area contributed by atoms with Crippen molar-refractivity contribution in [3.63, 3.8) is 0 Å². The topological polar surface area (TPSA) is 46.5 Å². The van der Waals surface area contributed by atoms with Crippen molar-refractivity contribution in [3.05, 3.63) is 40.4 Å². The first-order valence-corrected chi connectivity index (χ1v) is 6.04. The van der Waals surface area contributed by atoms with E-state index >= 15 is 0 Å². The molecule has 0 atom stereocenters. The Labute approximate surface area is 106 Å². The van der Waals surface area contributed by atoms with Crippen LogP contribution in [0.25, 0.3) is 0 Å². The lowest BCUT2D eigenvalue weighted by Crippen LogP contribution is -2.07. The molecular formula is C12H16N4S. The minimum atomic E-state index is 0.432. The maximum atomic E-state index is 5.28. The molecule has 0 radical (unpaired) electrons. The van der Waals surface area contributed by atoms with E-state index in [0.29, 0.717) is 12.5 Å². The monoisotopic (exact) mass is 248 g/mol. The standard InChI is InChI=1S/C12H16N4S/c1-8(2)11-6-15-12(17)16(11)7-10-5-13-9(3)4-14-10/h4-6,8H,7H2,1-3H3,(H,15,17). The summed E-state index contributed by atoms with van der Waals surface area (Å²) >= 11 is 5.28. The molecule has 0 fully saturated rings. The molecule has 2 heterocycles. The fraction of sp³-hybridized carbons (Fsp3) is 0.417. The molecule has 17 heavy (non-hydrogen) atoms. The van der Waals surface area contributed by atoms with Crippen molar-refractivity contribution in [1.29, 1.82) is 0 Å². The normalized spacial score (nSPS) is 11.1. The molecule has 5 heteroatoms. The first kappa shape index (κ1) is 12.0. The molecule has 2 aromatic rings. The Hall–Kier alpha value is -1.49. The molecule has 0 saturated heterocycles. The van der Waals surface area contributed by atoms with Crippen LogP contribution in [0, 0.1) is 11.7 Å². The Morgan fingerprint density at radius 3 is 2.71 bits per heavy atom. The van der Waals surface area contributed by atoms with Crippen molar-refractivity contribution < 1.29 is 0 Å². The molecule has 90 valence electrons. The number of hydrogen-bond acceptors (Lipinski definition) is 3. The summed E-state index contributed by atoms with van der Waals surface area (Å²) in [4.78, 5) is 11.7. The molecule has 0 bridgehead atoms. The molecule has 0 aromatic carbocycles. The minimum absolute atomic E-state index is 0.432. The number of aromatic amines is 1. The highest BCUT2D eigenvalue weighted by Gasteiger charge is 2.08. The van der Waals surface area contributed by atoms with Gasteiger partial charge >= 0.3 is 0 Å². The molecule has 0 unspecified atom stereocenters. The number of aromatic nitrogens is 4. The lowest BCUT2D eigenvalue weighted by molar-refractivity contribution is 0.671. The van der Waals surface area contributed by atoms with Gasteiger partial charge in [-0.3, -0.25) is 9.97 Å². The summed E-state index contributed by atoms with van der Waals surface area (Å²) in [6, 6.07) is 0. The molecule has 0 aliphatic carbocycles. The van der Waals surface area contributed by atoms with E-state index in [-0.39, 0.29) is 0 Å². The molecular weight excluding hydrogens is 232 g/mol. The Kier molecular flexibility index (Phi) is 3.38. The predicted molar refractivity (Wildman–Crippen MR) is 69.6 cm³/mol. The van der Waals surface area contributed by atoms with Gasteiger partial charge in [0.25, 0.3) is 0 Å². The van der Waals surface area contributed by atoms with Crippen LogP contribution in [0.2, 0.25) is 0 Å². The van der Waals surface area contributed by atoms with Crippen LogP contribution >= 0.6 is 12.2 Å². The van der Waals surface area contributed by atoms with Crippen LogP contribution < -0.4 is 0 Å². The van der Waals surface area contributed by atoms with Crippen LogP contribution in [0.1, 0.15) is 36.8 Å². The summed E-state index contributed by atoms with van der Waals surface area (Å²) in [7, 11) is 0. The van der Waals surface area contributed by atoms with Gasteiger partial charge in [-0.15, -0.1) is 0 Å². The average molecular weight is 248 g/mol. The largest absolute Gasteiger partial charge is 0.337 e. The summed E-state index contributed by atoms with van der Waals surface area (Å²) in [5.74, 6) is 0.432. The summed E-state index contributed by atoms with van der Waals surface area (Å²) in [5, 5.41) is 0. The lowest BCUT2D eigenvalue weighted by atomic mass is 10.1. The first-order valence-electron chi connectivity index (χ1n) is 5.63. The van der Waals surface area contributed by atoms with E-state index in [1.54, 1.807) is 12.4 Å². The number of H-pyrrole nitrogens is 1. The van der Waals surface area contributed by atoms with Gasteiger partial charge < -0.3 is 9.55 Å². The van der Waals surface area contributed by atoms with Gasteiger partial charge in [0.05, 0.1) is 24.1 Å². The molecule has 2 rings (SSSR count). The van der Waals surface area contributed by atoms with Crippen LogP contribution in [-0.2, 0) is 6.54 Å². The molecule has 4 nitrogen and oxygen atoms in total. The molecule has 0 amide bonds. The van der Waals surface area contributed by atoms with Gasteiger partial charge in [-0.05, 0) is 25.1 Å². The summed E-state index contributed by atoms with van der Waals surface area (Å²) in [6.07, 6.45) is 5.55. The van der Waals surface area contributed by atoms with E-state index in [9.17, 15) is 0 Å². The molecule has 0 aliphatic heterocycles. The fourth-order valence-corrected chi connectivity index (χ4v) is 1.94. The average Bonchev–Trinajstić information content (AvgIpc) is 2.64. The van der Waals surface area contributed by atoms with E-state index in [4.69, 9.17) is 12.2 Å². The zero-order chi connectivity index (χ0) is 12.4. The van der Waals surface area contributed by atoms with Gasteiger partial charge in [0.1, 0.15) is 0 Å². The van der Waals surface area contributed by atoms with Crippen LogP contribution in [0.4, 0.5) is 0 Å². The van der Waals surface area contributed by atoms with Crippen molar-refractivity contribution in [3.8, 4) is 0 Å². The second-order valence-electron chi connectivity index (χ2n) is 4.41. The van der Waals surface area contributed by atoms with Crippen molar-refractivity contribution >= 4 is 12.2 Å². The summed E-state index contributed by atoms with van der Waals surface area (Å²) in [6.45, 7) is 6.89. The van der Waals surface area contributed by atoms with E-state index in [2.05, 4.69) is 33.4 Å². The van der Waals surface area contributed by atoms with Crippen molar-refractivity contribution in [1.82, 2.24) is 19.5 Å². The highest BCUT2D eigenvalue weighted by Crippen LogP contribution is 2.15. The van der Waals surface area contributed by atoms with Gasteiger partial charge in [0.15, 0.2) is 4.77 Å². The number of imidazole rings is 1. The van der Waals surface area contributed by atoms with Gasteiger partial charge in [0, 0.05) is 18.1 Å².